The first-order valence-corrected chi connectivity index (χ1v) is 10.9. The van der Waals surface area contributed by atoms with Crippen LogP contribution < -0.4 is 5.32 Å². The zero-order valence-electron chi connectivity index (χ0n) is 16.8. The van der Waals surface area contributed by atoms with Gasteiger partial charge in [-0.05, 0) is 81.0 Å². The third kappa shape index (κ3) is 3.37. The van der Waals surface area contributed by atoms with Gasteiger partial charge in [-0.3, -0.25) is 4.79 Å². The fourth-order valence-electron chi connectivity index (χ4n) is 5.54. The van der Waals surface area contributed by atoms with E-state index in [9.17, 15) is 9.18 Å². The van der Waals surface area contributed by atoms with E-state index in [2.05, 4.69) is 5.32 Å². The van der Waals surface area contributed by atoms with Crippen molar-refractivity contribution >= 4 is 5.91 Å². The number of amides is 1. The Bertz CT molecular complexity index is 900. The molecule has 3 aliphatic rings. The summed E-state index contributed by atoms with van der Waals surface area (Å²) in [5.74, 6) is -0.322. The number of ether oxygens (including phenoxy) is 1. The number of carbonyl (C=O) groups is 1. The van der Waals surface area contributed by atoms with Crippen molar-refractivity contribution in [1.82, 2.24) is 15.1 Å². The molecule has 1 amide bonds. The van der Waals surface area contributed by atoms with Crippen molar-refractivity contribution in [2.75, 3.05) is 13.2 Å². The van der Waals surface area contributed by atoms with Crippen LogP contribution in [0.3, 0.4) is 0 Å². The summed E-state index contributed by atoms with van der Waals surface area (Å²) >= 11 is 0. The summed E-state index contributed by atoms with van der Waals surface area (Å²) in [5, 5.41) is 8.07. The molecule has 1 aliphatic heterocycles. The first-order valence-electron chi connectivity index (χ1n) is 10.9. The molecule has 29 heavy (non-hydrogen) atoms. The molecular formula is C23H28FN3O2. The van der Waals surface area contributed by atoms with Crippen molar-refractivity contribution in [3.63, 3.8) is 0 Å². The lowest BCUT2D eigenvalue weighted by molar-refractivity contribution is 0.00468. The van der Waals surface area contributed by atoms with Crippen LogP contribution in [0.5, 0.6) is 0 Å². The van der Waals surface area contributed by atoms with Crippen LogP contribution >= 0.6 is 0 Å². The lowest BCUT2D eigenvalue weighted by Gasteiger charge is -2.39. The summed E-state index contributed by atoms with van der Waals surface area (Å²) in [5.41, 5.74) is 3.72. The molecule has 1 saturated carbocycles. The number of hydrogen-bond donors (Lipinski definition) is 1. The molecule has 1 aromatic carbocycles. The lowest BCUT2D eigenvalue weighted by Crippen LogP contribution is -2.47. The number of carbonyl (C=O) groups excluding carboxylic acids is 1. The fraction of sp³-hybridized carbons (Fsp3) is 0.565. The molecule has 1 aromatic heterocycles. The van der Waals surface area contributed by atoms with Gasteiger partial charge in [0.25, 0.3) is 5.91 Å². The van der Waals surface area contributed by atoms with E-state index in [0.29, 0.717) is 5.69 Å². The van der Waals surface area contributed by atoms with Crippen LogP contribution in [0.1, 0.15) is 66.7 Å². The van der Waals surface area contributed by atoms with E-state index in [1.165, 1.54) is 18.6 Å². The van der Waals surface area contributed by atoms with Crippen molar-refractivity contribution in [1.29, 1.82) is 0 Å². The van der Waals surface area contributed by atoms with Gasteiger partial charge in [-0.1, -0.05) is 6.42 Å². The van der Waals surface area contributed by atoms with Crippen LogP contribution in [-0.4, -0.2) is 34.9 Å². The van der Waals surface area contributed by atoms with Crippen molar-refractivity contribution in [3.05, 3.63) is 47.0 Å². The second-order valence-electron chi connectivity index (χ2n) is 8.76. The van der Waals surface area contributed by atoms with E-state index in [0.717, 1.165) is 81.5 Å². The first kappa shape index (κ1) is 18.8. The van der Waals surface area contributed by atoms with Crippen molar-refractivity contribution < 1.29 is 13.9 Å². The maximum atomic E-state index is 13.4. The second-order valence-corrected chi connectivity index (χ2v) is 8.76. The van der Waals surface area contributed by atoms with E-state index in [1.54, 1.807) is 12.1 Å². The van der Waals surface area contributed by atoms with Crippen molar-refractivity contribution in [2.24, 2.45) is 5.41 Å². The summed E-state index contributed by atoms with van der Waals surface area (Å²) < 4.78 is 20.8. The normalized spacial score (nSPS) is 23.1. The Balaban J connectivity index is 1.44. The predicted molar refractivity (Wildman–Crippen MR) is 108 cm³/mol. The third-order valence-corrected chi connectivity index (χ3v) is 7.17. The molecule has 1 N–H and O–H groups in total. The Morgan fingerprint density at radius 3 is 2.66 bits per heavy atom. The van der Waals surface area contributed by atoms with Crippen LogP contribution in [0.2, 0.25) is 0 Å². The van der Waals surface area contributed by atoms with Gasteiger partial charge in [0.05, 0.1) is 5.69 Å². The number of rotatable bonds is 3. The summed E-state index contributed by atoms with van der Waals surface area (Å²) in [6, 6.07) is 6.55. The van der Waals surface area contributed by atoms with Gasteiger partial charge in [0.15, 0.2) is 5.69 Å². The van der Waals surface area contributed by atoms with Crippen LogP contribution in [0.4, 0.5) is 4.39 Å². The van der Waals surface area contributed by atoms with Gasteiger partial charge in [-0.15, -0.1) is 0 Å². The number of hydrogen-bond acceptors (Lipinski definition) is 3. The second kappa shape index (κ2) is 7.56. The number of aromatic nitrogens is 2. The molecule has 1 spiro atoms. The number of benzene rings is 1. The Labute approximate surface area is 170 Å². The molecule has 0 radical (unpaired) electrons. The molecule has 1 atom stereocenters. The number of nitrogens with zero attached hydrogens (tertiary/aromatic N) is 2. The molecule has 0 bridgehead atoms. The SMILES string of the molecule is O=C(N[C@H]1CCCC12CCOCC2)c1nn(-c2ccc(F)cc2)c2c1CCCC2. The third-order valence-electron chi connectivity index (χ3n) is 7.17. The minimum atomic E-state index is -0.268. The average Bonchev–Trinajstić information content (AvgIpc) is 3.31. The molecule has 5 rings (SSSR count). The molecule has 2 fully saturated rings. The fourth-order valence-corrected chi connectivity index (χ4v) is 5.54. The smallest absolute Gasteiger partial charge is 0.272 e. The highest BCUT2D eigenvalue weighted by Gasteiger charge is 2.44. The van der Waals surface area contributed by atoms with Gasteiger partial charge in [-0.25, -0.2) is 9.07 Å². The van der Waals surface area contributed by atoms with Gasteiger partial charge in [0.2, 0.25) is 0 Å². The average molecular weight is 397 g/mol. The monoisotopic (exact) mass is 397 g/mol. The Morgan fingerprint density at radius 2 is 1.86 bits per heavy atom. The number of fused-ring (bicyclic) bond motifs is 1. The van der Waals surface area contributed by atoms with Crippen LogP contribution in [0.15, 0.2) is 24.3 Å². The minimum Gasteiger partial charge on any atom is -0.381 e. The molecule has 1 saturated heterocycles. The maximum Gasteiger partial charge on any atom is 0.272 e. The van der Waals surface area contributed by atoms with E-state index >= 15 is 0 Å². The van der Waals surface area contributed by atoms with Gasteiger partial charge < -0.3 is 10.1 Å². The van der Waals surface area contributed by atoms with Crippen molar-refractivity contribution in [3.8, 4) is 5.69 Å². The van der Waals surface area contributed by atoms with Gasteiger partial charge in [0, 0.05) is 30.5 Å². The van der Waals surface area contributed by atoms with E-state index in [-0.39, 0.29) is 23.2 Å². The molecule has 6 heteroatoms. The number of halogens is 1. The van der Waals surface area contributed by atoms with Gasteiger partial charge in [0.1, 0.15) is 5.82 Å². The molecule has 2 heterocycles. The maximum absolute atomic E-state index is 13.4. The summed E-state index contributed by atoms with van der Waals surface area (Å²) in [7, 11) is 0. The summed E-state index contributed by atoms with van der Waals surface area (Å²) in [6.07, 6.45) is 9.36. The standard InChI is InChI=1S/C23H28FN3O2/c24-16-7-9-17(10-8-16)27-19-5-2-1-4-18(19)21(26-27)22(28)25-20-6-3-11-23(20)12-14-29-15-13-23/h7-10,20H,1-6,11-15H2,(H,25,28)/t20-/m0/s1. The molecule has 154 valence electrons. The van der Waals surface area contributed by atoms with E-state index in [1.807, 2.05) is 4.68 Å². The Hall–Kier alpha value is -2.21. The largest absolute Gasteiger partial charge is 0.381 e. The lowest BCUT2D eigenvalue weighted by atomic mass is 9.75. The molecule has 2 aliphatic carbocycles. The highest BCUT2D eigenvalue weighted by Crippen LogP contribution is 2.46. The summed E-state index contributed by atoms with van der Waals surface area (Å²) in [4.78, 5) is 13.3. The van der Waals surface area contributed by atoms with Crippen LogP contribution in [-0.2, 0) is 17.6 Å². The highest BCUT2D eigenvalue weighted by atomic mass is 19.1. The Kier molecular flexibility index (Phi) is 4.90. The first-order chi connectivity index (χ1) is 14.2. The van der Waals surface area contributed by atoms with Crippen molar-refractivity contribution in [2.45, 2.75) is 63.8 Å². The summed E-state index contributed by atoms with van der Waals surface area (Å²) in [6.45, 7) is 1.59. The molecule has 5 nitrogen and oxygen atoms in total. The predicted octanol–water partition coefficient (Wildman–Crippen LogP) is 3.97. The van der Waals surface area contributed by atoms with Crippen LogP contribution in [0.25, 0.3) is 5.69 Å². The Morgan fingerprint density at radius 1 is 1.10 bits per heavy atom. The zero-order chi connectivity index (χ0) is 19.8. The minimum absolute atomic E-state index is 0.0539. The number of nitrogens with one attached hydrogen (secondary N) is 1. The highest BCUT2D eigenvalue weighted by molar-refractivity contribution is 5.94. The van der Waals surface area contributed by atoms with E-state index < -0.39 is 0 Å². The quantitative estimate of drug-likeness (QED) is 0.853. The van der Waals surface area contributed by atoms with E-state index in [4.69, 9.17) is 9.84 Å². The van der Waals surface area contributed by atoms with Gasteiger partial charge >= 0.3 is 0 Å². The molecule has 2 aromatic rings. The molecular weight excluding hydrogens is 369 g/mol. The zero-order valence-corrected chi connectivity index (χ0v) is 16.8. The molecule has 0 unspecified atom stereocenters. The topological polar surface area (TPSA) is 56.1 Å². The van der Waals surface area contributed by atoms with Gasteiger partial charge in [-0.2, -0.15) is 5.10 Å². The van der Waals surface area contributed by atoms with Crippen LogP contribution in [0, 0.1) is 11.2 Å².